The summed E-state index contributed by atoms with van der Waals surface area (Å²) < 4.78 is 0. The lowest BCUT2D eigenvalue weighted by molar-refractivity contribution is -0.208. The van der Waals surface area contributed by atoms with Crippen LogP contribution < -0.4 is 0 Å². The van der Waals surface area contributed by atoms with Gasteiger partial charge in [0.1, 0.15) is 11.2 Å². The zero-order chi connectivity index (χ0) is 12.6. The van der Waals surface area contributed by atoms with Gasteiger partial charge >= 0.3 is 5.97 Å². The van der Waals surface area contributed by atoms with Gasteiger partial charge in [0.15, 0.2) is 0 Å². The number of ketones is 1. The van der Waals surface area contributed by atoms with Gasteiger partial charge in [0.05, 0.1) is 0 Å². The van der Waals surface area contributed by atoms with E-state index < -0.39 is 23.2 Å². The highest BCUT2D eigenvalue weighted by Gasteiger charge is 2.51. The molecule has 92 valence electrons. The maximum Gasteiger partial charge on any atom is 0.346 e. The maximum atomic E-state index is 11.8. The molecule has 17 heavy (non-hydrogen) atoms. The molecule has 2 rings (SSSR count). The molecule has 1 aliphatic carbocycles. The Kier molecular flexibility index (Phi) is 2.73. The van der Waals surface area contributed by atoms with Gasteiger partial charge in [0.25, 0.3) is 11.8 Å². The molecule has 0 unspecified atom stereocenters. The molecule has 0 aromatic carbocycles. The number of carbonyl (C=O) groups excluding carboxylic acids is 4. The molecule has 6 heteroatoms. The lowest BCUT2D eigenvalue weighted by Crippen LogP contribution is -2.48. The van der Waals surface area contributed by atoms with Crippen molar-refractivity contribution in [2.45, 2.75) is 39.0 Å². The predicted octanol–water partition coefficient (Wildman–Crippen LogP) is 0.353. The number of rotatable bonds is 3. The van der Waals surface area contributed by atoms with Crippen molar-refractivity contribution in [2.24, 2.45) is 5.41 Å². The Labute approximate surface area is 97.9 Å². The summed E-state index contributed by atoms with van der Waals surface area (Å²) in [7, 11) is 0. The van der Waals surface area contributed by atoms with Crippen molar-refractivity contribution in [3.05, 3.63) is 0 Å². The molecule has 0 radical (unpaired) electrons. The van der Waals surface area contributed by atoms with Crippen molar-refractivity contribution in [3.63, 3.8) is 0 Å². The molecule has 2 fully saturated rings. The third kappa shape index (κ3) is 1.73. The fraction of sp³-hybridized carbons (Fsp3) is 0.636. The number of carbonyl (C=O) groups is 4. The van der Waals surface area contributed by atoms with E-state index in [1.165, 1.54) is 6.92 Å². The number of hydrogen-bond donors (Lipinski definition) is 0. The molecule has 2 aliphatic rings. The van der Waals surface area contributed by atoms with Crippen LogP contribution in [0.3, 0.4) is 0 Å². The molecule has 1 saturated carbocycles. The molecule has 0 atom stereocenters. The largest absolute Gasteiger partial charge is 0.346 e. The van der Waals surface area contributed by atoms with Gasteiger partial charge in [-0.1, -0.05) is 6.42 Å². The van der Waals surface area contributed by atoms with Crippen molar-refractivity contribution in [3.8, 4) is 0 Å². The molecule has 0 bridgehead atoms. The second-order valence-corrected chi connectivity index (χ2v) is 4.45. The van der Waals surface area contributed by atoms with Gasteiger partial charge in [-0.2, -0.15) is 0 Å². The lowest BCUT2D eigenvalue weighted by atomic mass is 9.66. The maximum absolute atomic E-state index is 11.8. The summed E-state index contributed by atoms with van der Waals surface area (Å²) in [5, 5.41) is 0.491. The van der Waals surface area contributed by atoms with Crippen LogP contribution >= 0.6 is 0 Å². The smallest absolute Gasteiger partial charge is 0.329 e. The highest BCUT2D eigenvalue weighted by atomic mass is 16.7. The van der Waals surface area contributed by atoms with E-state index in [4.69, 9.17) is 4.84 Å². The number of Topliss-reactive ketones (excluding diaryl/α,β-unsaturated/α-hetero) is 1. The van der Waals surface area contributed by atoms with Gasteiger partial charge in [0, 0.05) is 12.8 Å². The highest BCUT2D eigenvalue weighted by Crippen LogP contribution is 2.43. The summed E-state index contributed by atoms with van der Waals surface area (Å²) in [4.78, 5) is 50.6. The van der Waals surface area contributed by atoms with Crippen LogP contribution in [0.4, 0.5) is 0 Å². The minimum atomic E-state index is -1.14. The summed E-state index contributed by atoms with van der Waals surface area (Å²) in [6, 6.07) is 0. The molecule has 6 nitrogen and oxygen atoms in total. The van der Waals surface area contributed by atoms with Crippen LogP contribution in [-0.4, -0.2) is 28.6 Å². The first kappa shape index (κ1) is 11.8. The molecular formula is C11H13NO5. The van der Waals surface area contributed by atoms with Crippen LogP contribution in [0, 0.1) is 5.41 Å². The van der Waals surface area contributed by atoms with E-state index in [0.29, 0.717) is 17.9 Å². The molecule has 1 heterocycles. The summed E-state index contributed by atoms with van der Waals surface area (Å²) in [5.41, 5.74) is -1.14. The zero-order valence-electron chi connectivity index (χ0n) is 9.52. The van der Waals surface area contributed by atoms with Crippen molar-refractivity contribution in [2.75, 3.05) is 0 Å². The van der Waals surface area contributed by atoms with Gasteiger partial charge in [-0.3, -0.25) is 14.4 Å². The van der Waals surface area contributed by atoms with Crippen LogP contribution in [-0.2, 0) is 24.0 Å². The molecule has 0 aromatic heterocycles. The average Bonchev–Trinajstić information content (AvgIpc) is 2.47. The van der Waals surface area contributed by atoms with E-state index in [0.717, 1.165) is 6.42 Å². The van der Waals surface area contributed by atoms with Crippen LogP contribution in [0.15, 0.2) is 0 Å². The van der Waals surface area contributed by atoms with Gasteiger partial charge in [0.2, 0.25) is 0 Å². The van der Waals surface area contributed by atoms with Gasteiger partial charge in [-0.15, -0.1) is 5.06 Å². The third-order valence-corrected chi connectivity index (χ3v) is 3.45. The number of imide groups is 1. The fourth-order valence-corrected chi connectivity index (χ4v) is 2.06. The van der Waals surface area contributed by atoms with E-state index in [2.05, 4.69) is 0 Å². The van der Waals surface area contributed by atoms with Crippen LogP contribution in [0.2, 0.25) is 0 Å². The van der Waals surface area contributed by atoms with E-state index in [9.17, 15) is 19.2 Å². The summed E-state index contributed by atoms with van der Waals surface area (Å²) >= 11 is 0. The Bertz CT molecular complexity index is 394. The summed E-state index contributed by atoms with van der Waals surface area (Å²) in [6.45, 7) is 1.33. The van der Waals surface area contributed by atoms with Gasteiger partial charge < -0.3 is 4.84 Å². The fourth-order valence-electron chi connectivity index (χ4n) is 2.06. The normalized spacial score (nSPS) is 22.3. The van der Waals surface area contributed by atoms with Crippen LogP contribution in [0.5, 0.6) is 0 Å². The molecule has 2 amide bonds. The SMILES string of the molecule is CC(=O)C1(C(=O)ON2C(=O)CCC2=O)CCC1. The molecule has 0 aromatic rings. The first-order chi connectivity index (χ1) is 7.97. The van der Waals surface area contributed by atoms with Crippen LogP contribution in [0.1, 0.15) is 39.0 Å². The zero-order valence-corrected chi connectivity index (χ0v) is 9.52. The minimum Gasteiger partial charge on any atom is -0.329 e. The molecule has 0 N–H and O–H groups in total. The summed E-state index contributed by atoms with van der Waals surface area (Å²) in [6.07, 6.45) is 1.74. The first-order valence-corrected chi connectivity index (χ1v) is 5.56. The lowest BCUT2D eigenvalue weighted by Gasteiger charge is -2.36. The van der Waals surface area contributed by atoms with Crippen molar-refractivity contribution in [1.29, 1.82) is 0 Å². The number of nitrogens with zero attached hydrogens (tertiary/aromatic N) is 1. The van der Waals surface area contributed by atoms with E-state index in [1.54, 1.807) is 0 Å². The topological polar surface area (TPSA) is 80.8 Å². The van der Waals surface area contributed by atoms with E-state index in [-0.39, 0.29) is 18.6 Å². The Morgan fingerprint density at radius 3 is 2.06 bits per heavy atom. The van der Waals surface area contributed by atoms with Crippen molar-refractivity contribution in [1.82, 2.24) is 5.06 Å². The number of hydroxylamine groups is 2. The Balaban J connectivity index is 2.09. The van der Waals surface area contributed by atoms with Gasteiger partial charge in [-0.25, -0.2) is 4.79 Å². The second-order valence-electron chi connectivity index (χ2n) is 4.45. The Morgan fingerprint density at radius 2 is 1.71 bits per heavy atom. The van der Waals surface area contributed by atoms with Crippen molar-refractivity contribution < 1.29 is 24.0 Å². The molecule has 1 saturated heterocycles. The number of amides is 2. The Morgan fingerprint density at radius 1 is 1.18 bits per heavy atom. The van der Waals surface area contributed by atoms with Crippen LogP contribution in [0.25, 0.3) is 0 Å². The third-order valence-electron chi connectivity index (χ3n) is 3.45. The predicted molar refractivity (Wildman–Crippen MR) is 54.1 cm³/mol. The highest BCUT2D eigenvalue weighted by molar-refractivity contribution is 6.06. The first-order valence-electron chi connectivity index (χ1n) is 5.56. The Hall–Kier alpha value is -1.72. The molecule has 1 aliphatic heterocycles. The average molecular weight is 239 g/mol. The number of hydrogen-bond acceptors (Lipinski definition) is 5. The standard InChI is InChI=1S/C11H13NO5/c1-7(13)11(5-2-6-11)10(16)17-12-8(14)3-4-9(12)15/h2-6H2,1H3. The van der Waals surface area contributed by atoms with E-state index in [1.807, 2.05) is 0 Å². The monoisotopic (exact) mass is 239 g/mol. The minimum absolute atomic E-state index is 0.0547. The molecular weight excluding hydrogens is 226 g/mol. The van der Waals surface area contributed by atoms with Crippen molar-refractivity contribution >= 4 is 23.6 Å². The molecule has 0 spiro atoms. The van der Waals surface area contributed by atoms with E-state index >= 15 is 0 Å². The quantitative estimate of drug-likeness (QED) is 0.524. The summed E-state index contributed by atoms with van der Waals surface area (Å²) in [5.74, 6) is -2.10. The van der Waals surface area contributed by atoms with Gasteiger partial charge in [-0.05, 0) is 19.8 Å². The second kappa shape index (κ2) is 3.94.